The Morgan fingerprint density at radius 1 is 1.12 bits per heavy atom. The fourth-order valence-corrected chi connectivity index (χ4v) is 2.91. The molecule has 0 aliphatic carbocycles. The SMILES string of the molecule is Cc1cccc(F)c1C(=C=O)Nc1ccc(-c2cn(C)nc2C)c(F)c1. The Morgan fingerprint density at radius 3 is 2.46 bits per heavy atom. The number of benzene rings is 2. The zero-order chi connectivity index (χ0) is 18.8. The van der Waals surface area contributed by atoms with Gasteiger partial charge in [0.05, 0.1) is 5.69 Å². The van der Waals surface area contributed by atoms with Gasteiger partial charge in [-0.25, -0.2) is 13.6 Å². The van der Waals surface area contributed by atoms with Gasteiger partial charge in [-0.1, -0.05) is 12.1 Å². The normalized spacial score (nSPS) is 10.5. The van der Waals surface area contributed by atoms with Crippen LogP contribution in [-0.2, 0) is 11.8 Å². The molecule has 0 aliphatic heterocycles. The first kappa shape index (κ1) is 17.6. The minimum Gasteiger partial charge on any atom is -0.346 e. The second kappa shape index (κ2) is 6.94. The molecule has 4 nitrogen and oxygen atoms in total. The summed E-state index contributed by atoms with van der Waals surface area (Å²) in [6, 6.07) is 8.98. The zero-order valence-electron chi connectivity index (χ0n) is 14.6. The molecular weight excluding hydrogens is 336 g/mol. The van der Waals surface area contributed by atoms with Gasteiger partial charge in [0.2, 0.25) is 0 Å². The molecule has 26 heavy (non-hydrogen) atoms. The van der Waals surface area contributed by atoms with E-state index in [1.165, 1.54) is 12.1 Å². The fourth-order valence-electron chi connectivity index (χ4n) is 2.91. The average Bonchev–Trinajstić information content (AvgIpc) is 2.92. The van der Waals surface area contributed by atoms with Crippen molar-refractivity contribution in [2.24, 2.45) is 7.05 Å². The van der Waals surface area contributed by atoms with Crippen molar-refractivity contribution in [1.29, 1.82) is 0 Å². The van der Waals surface area contributed by atoms with E-state index in [2.05, 4.69) is 10.4 Å². The molecule has 0 saturated carbocycles. The molecule has 0 aliphatic rings. The summed E-state index contributed by atoms with van der Waals surface area (Å²) in [6.07, 6.45) is 1.74. The molecule has 0 unspecified atom stereocenters. The second-order valence-corrected chi connectivity index (χ2v) is 6.03. The topological polar surface area (TPSA) is 46.9 Å². The van der Waals surface area contributed by atoms with Crippen LogP contribution in [0.3, 0.4) is 0 Å². The molecule has 1 heterocycles. The summed E-state index contributed by atoms with van der Waals surface area (Å²) in [5.41, 5.74) is 2.75. The second-order valence-electron chi connectivity index (χ2n) is 6.03. The molecule has 0 amide bonds. The van der Waals surface area contributed by atoms with E-state index >= 15 is 0 Å². The fraction of sp³-hybridized carbons (Fsp3) is 0.150. The molecule has 0 radical (unpaired) electrons. The van der Waals surface area contributed by atoms with Crippen LogP contribution in [0, 0.1) is 25.5 Å². The minimum atomic E-state index is -0.543. The first-order valence-corrected chi connectivity index (χ1v) is 7.98. The molecule has 2 aromatic carbocycles. The van der Waals surface area contributed by atoms with Gasteiger partial charge < -0.3 is 5.32 Å². The van der Waals surface area contributed by atoms with Crippen LogP contribution >= 0.6 is 0 Å². The van der Waals surface area contributed by atoms with Crippen molar-refractivity contribution in [3.63, 3.8) is 0 Å². The van der Waals surface area contributed by atoms with Crippen molar-refractivity contribution in [3.05, 3.63) is 71.1 Å². The van der Waals surface area contributed by atoms with E-state index in [1.807, 2.05) is 0 Å². The molecule has 1 aromatic heterocycles. The summed E-state index contributed by atoms with van der Waals surface area (Å²) >= 11 is 0. The van der Waals surface area contributed by atoms with Crippen LogP contribution in [-0.4, -0.2) is 15.7 Å². The number of nitrogens with one attached hydrogen (secondary N) is 1. The maximum absolute atomic E-state index is 14.6. The van der Waals surface area contributed by atoms with E-state index in [-0.39, 0.29) is 11.3 Å². The summed E-state index contributed by atoms with van der Waals surface area (Å²) < 4.78 is 30.3. The summed E-state index contributed by atoms with van der Waals surface area (Å²) in [7, 11) is 1.77. The van der Waals surface area contributed by atoms with Crippen LogP contribution in [0.15, 0.2) is 42.6 Å². The average molecular weight is 353 g/mol. The van der Waals surface area contributed by atoms with Crippen molar-refractivity contribution < 1.29 is 13.6 Å². The van der Waals surface area contributed by atoms with Gasteiger partial charge in [0.1, 0.15) is 17.3 Å². The highest BCUT2D eigenvalue weighted by Gasteiger charge is 2.15. The molecule has 0 spiro atoms. The summed E-state index contributed by atoms with van der Waals surface area (Å²) in [6.45, 7) is 3.49. The van der Waals surface area contributed by atoms with Gasteiger partial charge in [-0.15, -0.1) is 0 Å². The van der Waals surface area contributed by atoms with Crippen LogP contribution in [0.1, 0.15) is 16.8 Å². The van der Waals surface area contributed by atoms with Crippen molar-refractivity contribution in [2.75, 3.05) is 5.32 Å². The van der Waals surface area contributed by atoms with Gasteiger partial charge in [-0.2, -0.15) is 5.10 Å². The number of hydrogen-bond acceptors (Lipinski definition) is 3. The summed E-state index contributed by atoms with van der Waals surface area (Å²) in [5.74, 6) is 0.693. The summed E-state index contributed by atoms with van der Waals surface area (Å²) in [4.78, 5) is 11.3. The highest BCUT2D eigenvalue weighted by molar-refractivity contribution is 5.95. The van der Waals surface area contributed by atoms with Crippen molar-refractivity contribution in [1.82, 2.24) is 9.78 Å². The van der Waals surface area contributed by atoms with Crippen molar-refractivity contribution in [3.8, 4) is 11.1 Å². The van der Waals surface area contributed by atoms with E-state index in [0.717, 1.165) is 0 Å². The number of aromatic nitrogens is 2. The Labute approximate surface area is 149 Å². The van der Waals surface area contributed by atoms with Gasteiger partial charge in [0, 0.05) is 35.6 Å². The Kier molecular flexibility index (Phi) is 4.69. The number of carbonyl (C=O) groups excluding carboxylic acids is 1. The lowest BCUT2D eigenvalue weighted by Crippen LogP contribution is -2.04. The highest BCUT2D eigenvalue weighted by Crippen LogP contribution is 2.29. The zero-order valence-corrected chi connectivity index (χ0v) is 14.6. The Morgan fingerprint density at radius 2 is 1.88 bits per heavy atom. The number of nitrogens with zero attached hydrogens (tertiary/aromatic N) is 2. The molecule has 0 bridgehead atoms. The molecule has 3 rings (SSSR count). The molecule has 3 aromatic rings. The molecule has 6 heteroatoms. The largest absolute Gasteiger partial charge is 0.346 e. The monoisotopic (exact) mass is 353 g/mol. The number of anilines is 1. The first-order chi connectivity index (χ1) is 12.4. The molecule has 0 fully saturated rings. The van der Waals surface area contributed by atoms with Gasteiger partial charge >= 0.3 is 0 Å². The smallest absolute Gasteiger partial charge is 0.151 e. The number of hydrogen-bond donors (Lipinski definition) is 1. The van der Waals surface area contributed by atoms with Crippen LogP contribution < -0.4 is 5.32 Å². The van der Waals surface area contributed by atoms with E-state index in [4.69, 9.17) is 0 Å². The van der Waals surface area contributed by atoms with E-state index in [9.17, 15) is 13.6 Å². The Hall–Kier alpha value is -3.24. The molecule has 1 N–H and O–H groups in total. The number of aryl methyl sites for hydroxylation is 3. The van der Waals surface area contributed by atoms with Crippen molar-refractivity contribution >= 4 is 17.3 Å². The van der Waals surface area contributed by atoms with E-state index < -0.39 is 11.6 Å². The number of rotatable bonds is 4. The van der Waals surface area contributed by atoms with Crippen LogP contribution in [0.2, 0.25) is 0 Å². The van der Waals surface area contributed by atoms with Gasteiger partial charge in [0.25, 0.3) is 0 Å². The highest BCUT2D eigenvalue weighted by atomic mass is 19.1. The number of halogens is 2. The maximum Gasteiger partial charge on any atom is 0.151 e. The summed E-state index contributed by atoms with van der Waals surface area (Å²) in [5, 5.41) is 6.97. The molecule has 0 atom stereocenters. The maximum atomic E-state index is 14.6. The van der Waals surface area contributed by atoms with E-state index in [0.29, 0.717) is 28.1 Å². The lowest BCUT2D eigenvalue weighted by molar-refractivity contribution is 0.569. The Bertz CT molecular complexity index is 1010. The lowest BCUT2D eigenvalue weighted by atomic mass is 10.0. The standard InChI is InChI=1S/C20H17F2N3O/c1-12-5-4-6-17(21)20(12)19(11-26)23-14-7-8-15(18(22)9-14)16-10-25(3)24-13(16)2/h4-10,23H,1-3H3. The van der Waals surface area contributed by atoms with Gasteiger partial charge in [-0.05, 0) is 43.7 Å². The predicted octanol–water partition coefficient (Wildman–Crippen LogP) is 4.27. The van der Waals surface area contributed by atoms with Crippen LogP contribution in [0.4, 0.5) is 14.5 Å². The Balaban J connectivity index is 1.95. The molecular formula is C20H17F2N3O. The third-order valence-corrected chi connectivity index (χ3v) is 4.12. The third-order valence-electron chi connectivity index (χ3n) is 4.12. The third kappa shape index (κ3) is 3.27. The predicted molar refractivity (Wildman–Crippen MR) is 97.2 cm³/mol. The first-order valence-electron chi connectivity index (χ1n) is 7.98. The van der Waals surface area contributed by atoms with Gasteiger partial charge in [-0.3, -0.25) is 4.68 Å². The van der Waals surface area contributed by atoms with Gasteiger partial charge in [0.15, 0.2) is 5.94 Å². The minimum absolute atomic E-state index is 0.0784. The van der Waals surface area contributed by atoms with Crippen LogP contribution in [0.25, 0.3) is 16.8 Å². The molecule has 132 valence electrons. The van der Waals surface area contributed by atoms with Crippen LogP contribution in [0.5, 0.6) is 0 Å². The van der Waals surface area contributed by atoms with E-state index in [1.54, 1.807) is 62.0 Å². The van der Waals surface area contributed by atoms with Crippen molar-refractivity contribution in [2.45, 2.75) is 13.8 Å². The molecule has 0 saturated heterocycles. The quantitative estimate of drug-likeness (QED) is 0.713. The lowest BCUT2D eigenvalue weighted by Gasteiger charge is -2.12.